The average molecular weight is 331 g/mol. The number of rotatable bonds is 3. The van der Waals surface area contributed by atoms with Crippen LogP contribution in [0, 0.1) is 0 Å². The van der Waals surface area contributed by atoms with E-state index < -0.39 is 0 Å². The van der Waals surface area contributed by atoms with Gasteiger partial charge in [-0.15, -0.1) is 0 Å². The summed E-state index contributed by atoms with van der Waals surface area (Å²) in [4.78, 5) is 29.4. The van der Waals surface area contributed by atoms with Crippen molar-refractivity contribution in [3.63, 3.8) is 0 Å². The van der Waals surface area contributed by atoms with Crippen LogP contribution in [0.4, 0.5) is 0 Å². The molecule has 0 aromatic carbocycles. The smallest absolute Gasteiger partial charge is 0.272 e. The van der Waals surface area contributed by atoms with Gasteiger partial charge in [-0.25, -0.2) is 4.98 Å². The second kappa shape index (κ2) is 6.76. The molecular formula is C19H17N5O. The molecule has 6 heteroatoms. The van der Waals surface area contributed by atoms with Crippen LogP contribution in [0.5, 0.6) is 0 Å². The Morgan fingerprint density at radius 2 is 2.00 bits per heavy atom. The molecule has 1 aliphatic rings. The summed E-state index contributed by atoms with van der Waals surface area (Å²) in [5, 5.41) is 3.05. The summed E-state index contributed by atoms with van der Waals surface area (Å²) in [5.41, 5.74) is 4.27. The number of amides is 1. The maximum absolute atomic E-state index is 12.4. The number of carbonyl (C=O) groups excluding carboxylic acids is 1. The Hall–Kier alpha value is -3.15. The number of nitrogens with one attached hydrogen (secondary N) is 1. The molecule has 0 spiro atoms. The van der Waals surface area contributed by atoms with Crippen molar-refractivity contribution in [2.75, 3.05) is 0 Å². The van der Waals surface area contributed by atoms with Crippen LogP contribution >= 0.6 is 0 Å². The van der Waals surface area contributed by atoms with Gasteiger partial charge in [-0.3, -0.25) is 19.7 Å². The van der Waals surface area contributed by atoms with Crippen LogP contribution in [0.1, 0.15) is 40.6 Å². The molecule has 0 saturated heterocycles. The van der Waals surface area contributed by atoms with Crippen LogP contribution in [0.2, 0.25) is 0 Å². The number of nitrogens with zero attached hydrogens (tertiary/aromatic N) is 4. The Labute approximate surface area is 145 Å². The van der Waals surface area contributed by atoms with Crippen LogP contribution in [-0.4, -0.2) is 25.8 Å². The molecule has 4 rings (SSSR count). The van der Waals surface area contributed by atoms with E-state index in [9.17, 15) is 4.79 Å². The first-order chi connectivity index (χ1) is 12.3. The van der Waals surface area contributed by atoms with Crippen molar-refractivity contribution in [3.05, 3.63) is 72.2 Å². The molecular weight excluding hydrogens is 314 g/mol. The third kappa shape index (κ3) is 3.24. The van der Waals surface area contributed by atoms with Crippen molar-refractivity contribution in [1.82, 2.24) is 25.3 Å². The van der Waals surface area contributed by atoms with Crippen molar-refractivity contribution >= 4 is 5.91 Å². The topological polar surface area (TPSA) is 80.7 Å². The lowest BCUT2D eigenvalue weighted by Crippen LogP contribution is -2.32. The molecule has 1 aliphatic carbocycles. The average Bonchev–Trinajstić information content (AvgIpc) is 2.69. The second-order valence-electron chi connectivity index (χ2n) is 5.99. The molecule has 1 amide bonds. The van der Waals surface area contributed by atoms with Gasteiger partial charge in [0.05, 0.1) is 23.6 Å². The molecule has 3 heterocycles. The highest BCUT2D eigenvalue weighted by Crippen LogP contribution is 2.30. The molecule has 6 nitrogen and oxygen atoms in total. The summed E-state index contributed by atoms with van der Waals surface area (Å²) >= 11 is 0. The zero-order valence-electron chi connectivity index (χ0n) is 13.6. The van der Waals surface area contributed by atoms with E-state index >= 15 is 0 Å². The number of carbonyl (C=O) groups is 1. The maximum Gasteiger partial charge on any atom is 0.272 e. The normalized spacial score (nSPS) is 16.1. The third-order valence-electron chi connectivity index (χ3n) is 4.34. The molecule has 3 aromatic rings. The molecule has 1 atom stereocenters. The molecule has 25 heavy (non-hydrogen) atoms. The second-order valence-corrected chi connectivity index (χ2v) is 5.99. The van der Waals surface area contributed by atoms with E-state index in [1.165, 1.54) is 18.0 Å². The Bertz CT molecular complexity index is 883. The lowest BCUT2D eigenvalue weighted by atomic mass is 9.91. The van der Waals surface area contributed by atoms with Crippen molar-refractivity contribution in [2.45, 2.75) is 25.3 Å². The number of hydrogen-bond acceptors (Lipinski definition) is 5. The predicted molar refractivity (Wildman–Crippen MR) is 92.6 cm³/mol. The Morgan fingerprint density at radius 1 is 1.08 bits per heavy atom. The maximum atomic E-state index is 12.4. The standard InChI is InChI=1S/C19H17N5O/c25-19(17-12-21-9-10-22-17)24-16-5-1-3-13-6-7-15(23-18(13)16)14-4-2-8-20-11-14/h2,4,6-12,16H,1,3,5H2,(H,24,25). The van der Waals surface area contributed by atoms with Gasteiger partial charge >= 0.3 is 0 Å². The first kappa shape index (κ1) is 15.4. The van der Waals surface area contributed by atoms with E-state index in [1.54, 1.807) is 18.6 Å². The largest absolute Gasteiger partial charge is 0.342 e. The fourth-order valence-electron chi connectivity index (χ4n) is 3.11. The van der Waals surface area contributed by atoms with Gasteiger partial charge in [-0.2, -0.15) is 0 Å². The number of aryl methyl sites for hydroxylation is 1. The zero-order chi connectivity index (χ0) is 17.1. The summed E-state index contributed by atoms with van der Waals surface area (Å²) in [6.45, 7) is 0. The summed E-state index contributed by atoms with van der Waals surface area (Å²) in [5.74, 6) is -0.223. The first-order valence-corrected chi connectivity index (χ1v) is 8.28. The molecule has 124 valence electrons. The minimum atomic E-state index is -0.223. The fraction of sp³-hybridized carbons (Fsp3) is 0.211. The van der Waals surface area contributed by atoms with Gasteiger partial charge in [0.15, 0.2) is 0 Å². The highest BCUT2D eigenvalue weighted by molar-refractivity contribution is 5.92. The number of hydrogen-bond donors (Lipinski definition) is 1. The highest BCUT2D eigenvalue weighted by atomic mass is 16.1. The Morgan fingerprint density at radius 3 is 2.80 bits per heavy atom. The van der Waals surface area contributed by atoms with E-state index in [2.05, 4.69) is 26.3 Å². The quantitative estimate of drug-likeness (QED) is 0.798. The van der Waals surface area contributed by atoms with Gasteiger partial charge in [0.1, 0.15) is 5.69 Å². The summed E-state index contributed by atoms with van der Waals surface area (Å²) in [7, 11) is 0. The van der Waals surface area contributed by atoms with Crippen molar-refractivity contribution in [2.24, 2.45) is 0 Å². The molecule has 0 saturated carbocycles. The molecule has 3 aromatic heterocycles. The molecule has 0 aliphatic heterocycles. The van der Waals surface area contributed by atoms with Crippen LogP contribution in [0.3, 0.4) is 0 Å². The van der Waals surface area contributed by atoms with Gasteiger partial charge in [-0.05, 0) is 43.0 Å². The Kier molecular flexibility index (Phi) is 4.16. The summed E-state index contributed by atoms with van der Waals surface area (Å²) in [6.07, 6.45) is 10.9. The lowest BCUT2D eigenvalue weighted by Gasteiger charge is -2.25. The number of fused-ring (bicyclic) bond motifs is 1. The number of aromatic nitrogens is 4. The molecule has 0 radical (unpaired) electrons. The predicted octanol–water partition coefficient (Wildman–Crippen LogP) is 2.74. The van der Waals surface area contributed by atoms with Gasteiger partial charge < -0.3 is 5.32 Å². The van der Waals surface area contributed by atoms with E-state index in [4.69, 9.17) is 4.98 Å². The van der Waals surface area contributed by atoms with E-state index in [-0.39, 0.29) is 11.9 Å². The SMILES string of the molecule is O=C(NC1CCCc2ccc(-c3cccnc3)nc21)c1cnccn1. The minimum Gasteiger partial charge on any atom is -0.342 e. The Balaban J connectivity index is 1.63. The van der Waals surface area contributed by atoms with Crippen LogP contribution in [0.25, 0.3) is 11.3 Å². The van der Waals surface area contributed by atoms with Gasteiger partial charge in [0.25, 0.3) is 5.91 Å². The van der Waals surface area contributed by atoms with Crippen molar-refractivity contribution in [1.29, 1.82) is 0 Å². The molecule has 1 N–H and O–H groups in total. The van der Waals surface area contributed by atoms with Gasteiger partial charge in [0, 0.05) is 30.4 Å². The van der Waals surface area contributed by atoms with Crippen molar-refractivity contribution < 1.29 is 4.79 Å². The number of pyridine rings is 2. The monoisotopic (exact) mass is 331 g/mol. The molecule has 0 bridgehead atoms. The van der Waals surface area contributed by atoms with E-state index in [1.807, 2.05) is 18.2 Å². The fourth-order valence-corrected chi connectivity index (χ4v) is 3.11. The first-order valence-electron chi connectivity index (χ1n) is 8.28. The van der Waals surface area contributed by atoms with E-state index in [0.29, 0.717) is 5.69 Å². The molecule has 0 fully saturated rings. The van der Waals surface area contributed by atoms with Gasteiger partial charge in [0.2, 0.25) is 0 Å². The van der Waals surface area contributed by atoms with Gasteiger partial charge in [-0.1, -0.05) is 6.07 Å². The zero-order valence-corrected chi connectivity index (χ0v) is 13.6. The lowest BCUT2D eigenvalue weighted by molar-refractivity contribution is 0.0926. The minimum absolute atomic E-state index is 0.116. The molecule has 1 unspecified atom stereocenters. The third-order valence-corrected chi connectivity index (χ3v) is 4.34. The van der Waals surface area contributed by atoms with E-state index in [0.717, 1.165) is 36.2 Å². The van der Waals surface area contributed by atoms with Crippen LogP contribution in [-0.2, 0) is 6.42 Å². The van der Waals surface area contributed by atoms with Crippen LogP contribution < -0.4 is 5.32 Å². The van der Waals surface area contributed by atoms with Crippen molar-refractivity contribution in [3.8, 4) is 11.3 Å². The summed E-state index contributed by atoms with van der Waals surface area (Å²) in [6, 6.07) is 7.88. The van der Waals surface area contributed by atoms with Crippen LogP contribution in [0.15, 0.2) is 55.2 Å². The highest BCUT2D eigenvalue weighted by Gasteiger charge is 2.24. The summed E-state index contributed by atoms with van der Waals surface area (Å²) < 4.78 is 0.